The number of carboxylic acids is 1. The van der Waals surface area contributed by atoms with Crippen molar-refractivity contribution < 1.29 is 27.6 Å². The minimum atomic E-state index is -4.53. The Morgan fingerprint density at radius 1 is 1.25 bits per heavy atom. The van der Waals surface area contributed by atoms with Gasteiger partial charge in [0.15, 0.2) is 11.4 Å². The predicted molar refractivity (Wildman–Crippen MR) is 111 cm³/mol. The molecule has 2 atom stereocenters. The highest BCUT2D eigenvalue weighted by atomic mass is 35.5. The summed E-state index contributed by atoms with van der Waals surface area (Å²) in [6.45, 7) is 1.73. The highest BCUT2D eigenvalue weighted by Crippen LogP contribution is 2.43. The minimum Gasteiger partial charge on any atom is -0.478 e. The number of pyridine rings is 1. The summed E-state index contributed by atoms with van der Waals surface area (Å²) >= 11 is 6.31. The number of rotatable bonds is 3. The molecule has 2 aliphatic rings. The number of benzene rings is 1. The van der Waals surface area contributed by atoms with Crippen molar-refractivity contribution in [2.75, 3.05) is 29.4 Å². The van der Waals surface area contributed by atoms with E-state index < -0.39 is 17.7 Å². The smallest absolute Gasteiger partial charge is 0.417 e. The molecule has 0 saturated carbocycles. The summed E-state index contributed by atoms with van der Waals surface area (Å²) in [7, 11) is 0. The average Bonchev–Trinajstić information content (AvgIpc) is 3.26. The van der Waals surface area contributed by atoms with Gasteiger partial charge in [0.05, 0.1) is 21.5 Å². The monoisotopic (exact) mass is 466 g/mol. The van der Waals surface area contributed by atoms with Crippen molar-refractivity contribution in [2.45, 2.75) is 25.1 Å². The zero-order valence-corrected chi connectivity index (χ0v) is 17.4. The van der Waals surface area contributed by atoms with Gasteiger partial charge in [-0.05, 0) is 37.0 Å². The van der Waals surface area contributed by atoms with E-state index in [4.69, 9.17) is 21.2 Å². The van der Waals surface area contributed by atoms with E-state index in [1.54, 1.807) is 0 Å². The first-order chi connectivity index (χ1) is 15.2. The molecule has 32 heavy (non-hydrogen) atoms. The van der Waals surface area contributed by atoms with Crippen molar-refractivity contribution in [2.24, 2.45) is 5.92 Å². The lowest BCUT2D eigenvalue weighted by Gasteiger charge is -2.33. The topological polar surface area (TPSA) is 82.7 Å². The van der Waals surface area contributed by atoms with Crippen molar-refractivity contribution in [1.29, 1.82) is 0 Å². The summed E-state index contributed by atoms with van der Waals surface area (Å²) < 4.78 is 46.2. The van der Waals surface area contributed by atoms with Gasteiger partial charge in [0.1, 0.15) is 5.82 Å². The molecule has 0 spiro atoms. The Bertz CT molecular complexity index is 1200. The Morgan fingerprint density at radius 2 is 2.06 bits per heavy atom. The summed E-state index contributed by atoms with van der Waals surface area (Å²) in [5.41, 5.74) is -0.679. The standard InChI is InChI=1S/C21H18ClF3N4O3/c22-15-7-12(20(30)31)8-26-18(15)28-5-4-11-6-13(10-28)29(9-11)19-17-14(21(23,24)25)2-1-3-16(17)32-27-19/h1-3,7-8,11,13H,4-6,9-10H2,(H,30,31). The fourth-order valence-electron chi connectivity index (χ4n) is 4.72. The first-order valence-electron chi connectivity index (χ1n) is 10.1. The Morgan fingerprint density at radius 3 is 2.78 bits per heavy atom. The van der Waals surface area contributed by atoms with E-state index in [0.717, 1.165) is 18.9 Å². The van der Waals surface area contributed by atoms with Crippen molar-refractivity contribution in [3.63, 3.8) is 0 Å². The van der Waals surface area contributed by atoms with Gasteiger partial charge in [-0.15, -0.1) is 0 Å². The Kier molecular flexibility index (Phi) is 4.92. The third-order valence-corrected chi connectivity index (χ3v) is 6.44. The van der Waals surface area contributed by atoms with Crippen molar-refractivity contribution in [3.05, 3.63) is 46.6 Å². The number of aromatic nitrogens is 2. The molecule has 5 rings (SSSR count). The van der Waals surface area contributed by atoms with Crippen LogP contribution in [0.4, 0.5) is 24.8 Å². The zero-order valence-electron chi connectivity index (χ0n) is 16.6. The average molecular weight is 467 g/mol. The second kappa shape index (κ2) is 7.54. The van der Waals surface area contributed by atoms with Gasteiger partial charge >= 0.3 is 12.1 Å². The number of aromatic carboxylic acids is 1. The lowest BCUT2D eigenvalue weighted by atomic mass is 10.0. The summed E-state index contributed by atoms with van der Waals surface area (Å²) in [5, 5.41) is 13.3. The number of anilines is 2. The van der Waals surface area contributed by atoms with Crippen LogP contribution < -0.4 is 9.80 Å². The fourth-order valence-corrected chi connectivity index (χ4v) is 5.01. The Labute approximate surface area is 185 Å². The van der Waals surface area contributed by atoms with Crippen LogP contribution in [0.25, 0.3) is 11.0 Å². The Balaban J connectivity index is 1.49. The third-order valence-electron chi connectivity index (χ3n) is 6.17. The number of carboxylic acid groups (broad SMARTS) is 1. The van der Waals surface area contributed by atoms with E-state index in [1.165, 1.54) is 24.4 Å². The maximum absolute atomic E-state index is 13.7. The van der Waals surface area contributed by atoms with Crippen molar-refractivity contribution in [3.8, 4) is 0 Å². The lowest BCUT2D eigenvalue weighted by Crippen LogP contribution is -2.42. The highest BCUT2D eigenvalue weighted by molar-refractivity contribution is 6.33. The van der Waals surface area contributed by atoms with Crippen molar-refractivity contribution >= 4 is 40.2 Å². The molecule has 2 saturated heterocycles. The summed E-state index contributed by atoms with van der Waals surface area (Å²) in [5.74, 6) is -0.190. The Hall–Kier alpha value is -3.01. The van der Waals surface area contributed by atoms with Gasteiger partial charge in [0.25, 0.3) is 0 Å². The first-order valence-corrected chi connectivity index (χ1v) is 10.5. The van der Waals surface area contributed by atoms with Gasteiger partial charge in [-0.25, -0.2) is 9.78 Å². The predicted octanol–water partition coefficient (Wildman–Crippen LogP) is 4.70. The second-order valence-electron chi connectivity index (χ2n) is 8.16. The normalized spacial score (nSPS) is 21.2. The molecule has 4 heterocycles. The van der Waals surface area contributed by atoms with Gasteiger partial charge in [-0.3, -0.25) is 0 Å². The molecule has 2 aliphatic heterocycles. The molecule has 2 aromatic heterocycles. The second-order valence-corrected chi connectivity index (χ2v) is 8.57. The third kappa shape index (κ3) is 3.52. The molecule has 3 aromatic rings. The zero-order chi connectivity index (χ0) is 22.6. The molecule has 7 nitrogen and oxygen atoms in total. The molecule has 168 valence electrons. The van der Waals surface area contributed by atoms with Crippen LogP contribution in [0.5, 0.6) is 0 Å². The molecular formula is C21H18ClF3N4O3. The van der Waals surface area contributed by atoms with E-state index in [9.17, 15) is 18.0 Å². The fraction of sp³-hybridized carbons (Fsp3) is 0.381. The molecule has 1 N–H and O–H groups in total. The van der Waals surface area contributed by atoms with Crippen LogP contribution in [0, 0.1) is 5.92 Å². The summed E-state index contributed by atoms with van der Waals surface area (Å²) in [6, 6.07) is 5.07. The number of hydrogen-bond acceptors (Lipinski definition) is 6. The highest BCUT2D eigenvalue weighted by Gasteiger charge is 2.41. The number of alkyl halides is 3. The summed E-state index contributed by atoms with van der Waals surface area (Å²) in [4.78, 5) is 19.3. The quantitative estimate of drug-likeness (QED) is 0.599. The number of hydrogen-bond donors (Lipinski definition) is 1. The molecule has 0 radical (unpaired) electrons. The van der Waals surface area contributed by atoms with Crippen LogP contribution >= 0.6 is 11.6 Å². The molecule has 0 aliphatic carbocycles. The number of fused-ring (bicyclic) bond motifs is 3. The van der Waals surface area contributed by atoms with Gasteiger partial charge < -0.3 is 19.4 Å². The van der Waals surface area contributed by atoms with Crippen LogP contribution in [-0.4, -0.2) is 46.9 Å². The molecule has 2 unspecified atom stereocenters. The number of carbonyl (C=O) groups is 1. The van der Waals surface area contributed by atoms with Crippen LogP contribution in [0.15, 0.2) is 35.0 Å². The molecule has 1 aromatic carbocycles. The lowest BCUT2D eigenvalue weighted by molar-refractivity contribution is -0.136. The van der Waals surface area contributed by atoms with Gasteiger partial charge in [-0.2, -0.15) is 13.2 Å². The van der Waals surface area contributed by atoms with Crippen LogP contribution in [0.1, 0.15) is 28.8 Å². The SMILES string of the molecule is O=C(O)c1cnc(N2CCC3CC(C2)N(c2noc4cccc(C(F)(F)F)c24)C3)c(Cl)c1. The van der Waals surface area contributed by atoms with Crippen molar-refractivity contribution in [1.82, 2.24) is 10.1 Å². The summed E-state index contributed by atoms with van der Waals surface area (Å²) in [6.07, 6.45) is -1.68. The van der Waals surface area contributed by atoms with E-state index in [-0.39, 0.29) is 39.3 Å². The van der Waals surface area contributed by atoms with E-state index >= 15 is 0 Å². The number of halogens is 4. The van der Waals surface area contributed by atoms with Crippen LogP contribution in [0.2, 0.25) is 5.02 Å². The molecule has 11 heteroatoms. The van der Waals surface area contributed by atoms with Gasteiger partial charge in [0.2, 0.25) is 0 Å². The van der Waals surface area contributed by atoms with Crippen LogP contribution in [-0.2, 0) is 6.18 Å². The first kappa shape index (κ1) is 20.9. The van der Waals surface area contributed by atoms with Crippen LogP contribution in [0.3, 0.4) is 0 Å². The number of nitrogens with zero attached hydrogens (tertiary/aromatic N) is 4. The molecule has 0 amide bonds. The van der Waals surface area contributed by atoms with E-state index in [1.807, 2.05) is 9.80 Å². The molecule has 2 fully saturated rings. The molecule has 2 bridgehead atoms. The van der Waals surface area contributed by atoms with E-state index in [0.29, 0.717) is 25.5 Å². The largest absolute Gasteiger partial charge is 0.478 e. The van der Waals surface area contributed by atoms with Gasteiger partial charge in [-0.1, -0.05) is 22.8 Å². The van der Waals surface area contributed by atoms with Gasteiger partial charge in [0, 0.05) is 31.9 Å². The maximum Gasteiger partial charge on any atom is 0.417 e. The molecular weight excluding hydrogens is 449 g/mol. The maximum atomic E-state index is 13.7. The van der Waals surface area contributed by atoms with E-state index in [2.05, 4.69) is 10.1 Å². The minimum absolute atomic E-state index is 0.00883.